The summed E-state index contributed by atoms with van der Waals surface area (Å²) in [7, 11) is 0. The predicted molar refractivity (Wildman–Crippen MR) is 68.8 cm³/mol. The number of hydrogen-bond donors (Lipinski definition) is 0. The topological polar surface area (TPSA) is 43.4 Å². The molecule has 1 aromatic carbocycles. The molecule has 1 aromatic rings. The fourth-order valence-corrected chi connectivity index (χ4v) is 2.30. The smallest absolute Gasteiger partial charge is 0.140 e. The summed E-state index contributed by atoms with van der Waals surface area (Å²) in [6, 6.07) is 7.75. The highest BCUT2D eigenvalue weighted by Gasteiger charge is 2.26. The molecule has 3 heteroatoms. The van der Waals surface area contributed by atoms with E-state index in [-0.39, 0.29) is 23.9 Å². The van der Waals surface area contributed by atoms with Gasteiger partial charge >= 0.3 is 0 Å². The quantitative estimate of drug-likeness (QED) is 0.767. The van der Waals surface area contributed by atoms with Crippen molar-refractivity contribution in [3.8, 4) is 5.75 Å². The van der Waals surface area contributed by atoms with Gasteiger partial charge in [0, 0.05) is 12.8 Å². The molecule has 1 aliphatic carbocycles. The number of benzene rings is 1. The summed E-state index contributed by atoms with van der Waals surface area (Å²) >= 11 is 0. The van der Waals surface area contributed by atoms with E-state index >= 15 is 0 Å². The third-order valence-corrected chi connectivity index (χ3v) is 3.14. The molecule has 0 unspecified atom stereocenters. The van der Waals surface area contributed by atoms with E-state index in [1.165, 1.54) is 0 Å². The van der Waals surface area contributed by atoms with Crippen molar-refractivity contribution in [3.63, 3.8) is 0 Å². The molecular weight excluding hydrogens is 228 g/mol. The van der Waals surface area contributed by atoms with Crippen LogP contribution in [0.2, 0.25) is 0 Å². The number of Topliss-reactive ketones (excluding diaryl/α,β-unsaturated/α-hetero) is 2. The second-order valence-electron chi connectivity index (χ2n) is 4.78. The van der Waals surface area contributed by atoms with Gasteiger partial charge in [0.2, 0.25) is 0 Å². The molecule has 0 aromatic heterocycles. The highest BCUT2D eigenvalue weighted by Crippen LogP contribution is 2.31. The van der Waals surface area contributed by atoms with E-state index < -0.39 is 0 Å². The van der Waals surface area contributed by atoms with Gasteiger partial charge in [-0.25, -0.2) is 0 Å². The van der Waals surface area contributed by atoms with Gasteiger partial charge in [-0.15, -0.1) is 0 Å². The van der Waals surface area contributed by atoms with Crippen LogP contribution in [0.1, 0.15) is 44.1 Å². The Morgan fingerprint density at radius 2 is 1.94 bits per heavy atom. The SMILES string of the molecule is CCCOc1cccc(C2CC(=O)CC(=O)C2)c1. The Labute approximate surface area is 107 Å². The van der Waals surface area contributed by atoms with Crippen LogP contribution < -0.4 is 4.74 Å². The molecule has 0 bridgehead atoms. The summed E-state index contributed by atoms with van der Waals surface area (Å²) in [4.78, 5) is 22.9. The molecule has 0 atom stereocenters. The summed E-state index contributed by atoms with van der Waals surface area (Å²) in [5, 5.41) is 0. The average Bonchev–Trinajstić information content (AvgIpc) is 2.35. The maximum Gasteiger partial charge on any atom is 0.140 e. The number of carbonyl (C=O) groups is 2. The largest absolute Gasteiger partial charge is 0.494 e. The Morgan fingerprint density at radius 1 is 1.22 bits per heavy atom. The molecule has 1 aliphatic rings. The van der Waals surface area contributed by atoms with E-state index in [0.717, 1.165) is 17.7 Å². The molecule has 1 fully saturated rings. The monoisotopic (exact) mass is 246 g/mol. The molecule has 0 amide bonds. The Balaban J connectivity index is 2.12. The number of ether oxygens (including phenoxy) is 1. The molecule has 2 rings (SSSR count). The van der Waals surface area contributed by atoms with Crippen LogP contribution in [0.4, 0.5) is 0 Å². The van der Waals surface area contributed by atoms with Crippen molar-refractivity contribution >= 4 is 11.6 Å². The van der Waals surface area contributed by atoms with Gasteiger partial charge in [0.15, 0.2) is 0 Å². The van der Waals surface area contributed by atoms with Gasteiger partial charge in [0.25, 0.3) is 0 Å². The molecule has 0 aliphatic heterocycles. The minimum Gasteiger partial charge on any atom is -0.494 e. The zero-order chi connectivity index (χ0) is 13.0. The minimum absolute atomic E-state index is 0.0314. The molecule has 18 heavy (non-hydrogen) atoms. The van der Waals surface area contributed by atoms with E-state index in [2.05, 4.69) is 6.92 Å². The average molecular weight is 246 g/mol. The van der Waals surface area contributed by atoms with Crippen LogP contribution in [0, 0.1) is 0 Å². The Hall–Kier alpha value is -1.64. The first-order valence-corrected chi connectivity index (χ1v) is 6.45. The van der Waals surface area contributed by atoms with Crippen molar-refractivity contribution in [2.45, 2.75) is 38.5 Å². The van der Waals surface area contributed by atoms with Gasteiger partial charge in [-0.3, -0.25) is 9.59 Å². The fourth-order valence-electron chi connectivity index (χ4n) is 2.30. The van der Waals surface area contributed by atoms with E-state index in [0.29, 0.717) is 19.4 Å². The van der Waals surface area contributed by atoms with Crippen LogP contribution in [0.3, 0.4) is 0 Å². The van der Waals surface area contributed by atoms with Gasteiger partial charge in [0.05, 0.1) is 13.0 Å². The molecule has 0 spiro atoms. The van der Waals surface area contributed by atoms with Crippen molar-refractivity contribution in [1.29, 1.82) is 0 Å². The van der Waals surface area contributed by atoms with Gasteiger partial charge in [-0.05, 0) is 30.0 Å². The van der Waals surface area contributed by atoms with Crippen LogP contribution in [0.25, 0.3) is 0 Å². The first kappa shape index (κ1) is 12.8. The first-order valence-electron chi connectivity index (χ1n) is 6.45. The van der Waals surface area contributed by atoms with Gasteiger partial charge in [-0.1, -0.05) is 19.1 Å². The summed E-state index contributed by atoms with van der Waals surface area (Å²) in [5.74, 6) is 0.955. The second-order valence-corrected chi connectivity index (χ2v) is 4.78. The van der Waals surface area contributed by atoms with Crippen LogP contribution in [-0.4, -0.2) is 18.2 Å². The lowest BCUT2D eigenvalue weighted by molar-refractivity contribution is -0.130. The highest BCUT2D eigenvalue weighted by molar-refractivity contribution is 6.02. The molecule has 3 nitrogen and oxygen atoms in total. The number of ketones is 2. The Morgan fingerprint density at radius 3 is 2.61 bits per heavy atom. The zero-order valence-electron chi connectivity index (χ0n) is 10.6. The maximum atomic E-state index is 11.5. The molecule has 0 N–H and O–H groups in total. The third kappa shape index (κ3) is 3.19. The fraction of sp³-hybridized carbons (Fsp3) is 0.467. The molecular formula is C15H18O3. The number of rotatable bonds is 4. The van der Waals surface area contributed by atoms with Crippen molar-refractivity contribution in [1.82, 2.24) is 0 Å². The van der Waals surface area contributed by atoms with Crippen LogP contribution in [0.5, 0.6) is 5.75 Å². The molecule has 0 heterocycles. The lowest BCUT2D eigenvalue weighted by Crippen LogP contribution is -2.21. The van der Waals surface area contributed by atoms with E-state index in [4.69, 9.17) is 4.74 Å². The lowest BCUT2D eigenvalue weighted by Gasteiger charge is -2.20. The van der Waals surface area contributed by atoms with Crippen molar-refractivity contribution < 1.29 is 14.3 Å². The molecule has 96 valence electrons. The Bertz CT molecular complexity index is 435. The van der Waals surface area contributed by atoms with Crippen LogP contribution >= 0.6 is 0 Å². The van der Waals surface area contributed by atoms with Gasteiger partial charge in [-0.2, -0.15) is 0 Å². The van der Waals surface area contributed by atoms with Crippen molar-refractivity contribution in [3.05, 3.63) is 29.8 Å². The predicted octanol–water partition coefficient (Wildman–Crippen LogP) is 2.88. The maximum absolute atomic E-state index is 11.5. The highest BCUT2D eigenvalue weighted by atomic mass is 16.5. The normalized spacial score (nSPS) is 16.9. The molecule has 0 saturated heterocycles. The van der Waals surface area contributed by atoms with Crippen LogP contribution in [-0.2, 0) is 9.59 Å². The standard InChI is InChI=1S/C15H18O3/c1-2-6-18-15-5-3-4-11(9-15)12-7-13(16)10-14(17)8-12/h3-5,9,12H,2,6-8,10H2,1H3. The minimum atomic E-state index is 0.0314. The molecule has 1 saturated carbocycles. The third-order valence-electron chi connectivity index (χ3n) is 3.14. The Kier molecular flexibility index (Phi) is 4.13. The van der Waals surface area contributed by atoms with Crippen molar-refractivity contribution in [2.24, 2.45) is 0 Å². The molecule has 0 radical (unpaired) electrons. The zero-order valence-corrected chi connectivity index (χ0v) is 10.6. The number of carbonyl (C=O) groups excluding carboxylic acids is 2. The van der Waals surface area contributed by atoms with E-state index in [1.54, 1.807) is 0 Å². The van der Waals surface area contributed by atoms with Gasteiger partial charge < -0.3 is 4.74 Å². The summed E-state index contributed by atoms with van der Waals surface area (Å²) in [5.41, 5.74) is 1.03. The van der Waals surface area contributed by atoms with Gasteiger partial charge in [0.1, 0.15) is 17.3 Å². The first-order chi connectivity index (χ1) is 8.69. The van der Waals surface area contributed by atoms with Crippen molar-refractivity contribution in [2.75, 3.05) is 6.61 Å². The summed E-state index contributed by atoms with van der Waals surface area (Å²) in [6.07, 6.45) is 2.03. The summed E-state index contributed by atoms with van der Waals surface area (Å²) in [6.45, 7) is 2.74. The van der Waals surface area contributed by atoms with Crippen LogP contribution in [0.15, 0.2) is 24.3 Å². The number of hydrogen-bond acceptors (Lipinski definition) is 3. The lowest BCUT2D eigenvalue weighted by atomic mass is 9.82. The van der Waals surface area contributed by atoms with E-state index in [1.807, 2.05) is 24.3 Å². The second kappa shape index (κ2) is 5.80. The van der Waals surface area contributed by atoms with E-state index in [9.17, 15) is 9.59 Å². The summed E-state index contributed by atoms with van der Waals surface area (Å²) < 4.78 is 5.57.